The van der Waals surface area contributed by atoms with Crippen LogP contribution >= 0.6 is 0 Å². The van der Waals surface area contributed by atoms with Crippen LogP contribution in [0.15, 0.2) is 0 Å². The van der Waals surface area contributed by atoms with E-state index in [1.54, 1.807) is 0 Å². The lowest BCUT2D eigenvalue weighted by molar-refractivity contribution is 0.0657. The molecule has 0 amide bonds. The van der Waals surface area contributed by atoms with Gasteiger partial charge < -0.3 is 9.16 Å². The molecular weight excluding hydrogens is 192 g/mol. The lowest BCUT2D eigenvalue weighted by Gasteiger charge is -2.24. The van der Waals surface area contributed by atoms with E-state index < -0.39 is 9.04 Å². The second kappa shape index (κ2) is 5.88. The smallest absolute Gasteiger partial charge is 0.182 e. The lowest BCUT2D eigenvalue weighted by atomic mass is 10.2. The van der Waals surface area contributed by atoms with Gasteiger partial charge >= 0.3 is 0 Å². The Morgan fingerprint density at radius 3 is 2.36 bits per heavy atom. The Kier molecular flexibility index (Phi) is 5.13. The summed E-state index contributed by atoms with van der Waals surface area (Å²) in [6, 6.07) is 0. The molecule has 0 radical (unpaired) electrons. The van der Waals surface area contributed by atoms with E-state index in [0.717, 1.165) is 24.3 Å². The Balaban J connectivity index is 2.25. The maximum absolute atomic E-state index is 6.06. The molecule has 0 saturated carbocycles. The molecule has 1 heterocycles. The van der Waals surface area contributed by atoms with Crippen LogP contribution in [0.4, 0.5) is 0 Å². The molecule has 2 nitrogen and oxygen atoms in total. The summed E-state index contributed by atoms with van der Waals surface area (Å²) in [6.45, 7) is 10.9. The van der Waals surface area contributed by atoms with Gasteiger partial charge in [-0.15, -0.1) is 0 Å². The SMILES string of the molecule is CC(C)[SiH](OCC1CCCO1)C(C)C. The molecule has 0 bridgehead atoms. The van der Waals surface area contributed by atoms with Crippen LogP contribution in [-0.2, 0) is 9.16 Å². The summed E-state index contributed by atoms with van der Waals surface area (Å²) < 4.78 is 11.6. The molecule has 84 valence electrons. The molecule has 1 aliphatic heterocycles. The van der Waals surface area contributed by atoms with Gasteiger partial charge in [-0.2, -0.15) is 0 Å². The van der Waals surface area contributed by atoms with Gasteiger partial charge in [0.05, 0.1) is 12.7 Å². The van der Waals surface area contributed by atoms with Crippen LogP contribution < -0.4 is 0 Å². The zero-order valence-corrected chi connectivity index (χ0v) is 11.1. The fraction of sp³-hybridized carbons (Fsp3) is 1.00. The molecule has 0 aromatic heterocycles. The summed E-state index contributed by atoms with van der Waals surface area (Å²) in [5.74, 6) is 0. The summed E-state index contributed by atoms with van der Waals surface area (Å²) in [7, 11) is -1.02. The summed E-state index contributed by atoms with van der Waals surface area (Å²) >= 11 is 0. The van der Waals surface area contributed by atoms with Crippen LogP contribution in [0.3, 0.4) is 0 Å². The van der Waals surface area contributed by atoms with Gasteiger partial charge in [0.1, 0.15) is 0 Å². The van der Waals surface area contributed by atoms with E-state index in [9.17, 15) is 0 Å². The number of hydrogen-bond acceptors (Lipinski definition) is 2. The van der Waals surface area contributed by atoms with Crippen molar-refractivity contribution in [3.05, 3.63) is 0 Å². The van der Waals surface area contributed by atoms with Crippen molar-refractivity contribution >= 4 is 9.04 Å². The minimum Gasteiger partial charge on any atom is -0.417 e. The first kappa shape index (κ1) is 12.2. The van der Waals surface area contributed by atoms with E-state index in [1.807, 2.05) is 0 Å². The highest BCUT2D eigenvalue weighted by Gasteiger charge is 2.23. The Morgan fingerprint density at radius 1 is 1.29 bits per heavy atom. The van der Waals surface area contributed by atoms with Gasteiger partial charge in [0.2, 0.25) is 0 Å². The highest BCUT2D eigenvalue weighted by molar-refractivity contribution is 6.54. The zero-order chi connectivity index (χ0) is 10.6. The zero-order valence-electron chi connectivity index (χ0n) is 9.95. The van der Waals surface area contributed by atoms with Crippen LogP contribution in [0.25, 0.3) is 0 Å². The molecule has 3 heteroatoms. The van der Waals surface area contributed by atoms with E-state index in [-0.39, 0.29) is 0 Å². The van der Waals surface area contributed by atoms with Gasteiger partial charge in [0, 0.05) is 6.61 Å². The van der Waals surface area contributed by atoms with Crippen molar-refractivity contribution < 1.29 is 9.16 Å². The molecule has 1 saturated heterocycles. The predicted octanol–water partition coefficient (Wildman–Crippen LogP) is 2.73. The molecule has 0 aliphatic carbocycles. The molecule has 1 aliphatic rings. The van der Waals surface area contributed by atoms with Crippen LogP contribution in [0.5, 0.6) is 0 Å². The molecule has 0 aromatic rings. The molecule has 14 heavy (non-hydrogen) atoms. The van der Waals surface area contributed by atoms with Crippen molar-refractivity contribution in [2.45, 2.75) is 57.7 Å². The number of rotatable bonds is 5. The van der Waals surface area contributed by atoms with Gasteiger partial charge in [-0.05, 0) is 23.9 Å². The topological polar surface area (TPSA) is 18.5 Å². The van der Waals surface area contributed by atoms with Crippen LogP contribution in [-0.4, -0.2) is 28.4 Å². The highest BCUT2D eigenvalue weighted by atomic mass is 28.3. The van der Waals surface area contributed by atoms with E-state index >= 15 is 0 Å². The predicted molar refractivity (Wildman–Crippen MR) is 62.3 cm³/mol. The van der Waals surface area contributed by atoms with Crippen molar-refractivity contribution in [3.63, 3.8) is 0 Å². The second-order valence-electron chi connectivity index (χ2n) is 4.92. The van der Waals surface area contributed by atoms with Crippen LogP contribution in [0, 0.1) is 0 Å². The summed E-state index contributed by atoms with van der Waals surface area (Å²) in [4.78, 5) is 0. The normalized spacial score (nSPS) is 22.9. The number of ether oxygens (including phenoxy) is 1. The largest absolute Gasteiger partial charge is 0.417 e. The number of hydrogen-bond donors (Lipinski definition) is 0. The van der Waals surface area contributed by atoms with E-state index in [2.05, 4.69) is 27.7 Å². The summed E-state index contributed by atoms with van der Waals surface area (Å²) in [5.41, 5.74) is 1.47. The third kappa shape index (κ3) is 3.71. The lowest BCUT2D eigenvalue weighted by Crippen LogP contribution is -2.29. The van der Waals surface area contributed by atoms with Gasteiger partial charge in [0.25, 0.3) is 0 Å². The summed E-state index contributed by atoms with van der Waals surface area (Å²) in [5, 5.41) is 0. The molecule has 1 unspecified atom stereocenters. The second-order valence-corrected chi connectivity index (χ2v) is 8.85. The quantitative estimate of drug-likeness (QED) is 0.658. The van der Waals surface area contributed by atoms with Crippen molar-refractivity contribution in [3.8, 4) is 0 Å². The minimum atomic E-state index is -1.02. The fourth-order valence-electron chi connectivity index (χ4n) is 2.15. The Bertz CT molecular complexity index is 145. The van der Waals surface area contributed by atoms with Crippen molar-refractivity contribution in [1.82, 2.24) is 0 Å². The fourth-order valence-corrected chi connectivity index (χ4v) is 4.90. The monoisotopic (exact) mass is 216 g/mol. The first-order valence-electron chi connectivity index (χ1n) is 5.84. The van der Waals surface area contributed by atoms with Crippen LogP contribution in [0.1, 0.15) is 40.5 Å². The van der Waals surface area contributed by atoms with Crippen molar-refractivity contribution in [2.75, 3.05) is 13.2 Å². The maximum atomic E-state index is 6.06. The first-order valence-corrected chi connectivity index (χ1v) is 7.65. The standard InChI is InChI=1S/C11H24O2Si/c1-9(2)14(10(3)4)13-8-11-6-5-7-12-11/h9-11,14H,5-8H2,1-4H3. The Labute approximate surface area is 89.7 Å². The molecular formula is C11H24O2Si. The third-order valence-electron chi connectivity index (χ3n) is 2.81. The highest BCUT2D eigenvalue weighted by Crippen LogP contribution is 2.22. The van der Waals surface area contributed by atoms with Gasteiger partial charge in [-0.25, -0.2) is 0 Å². The minimum absolute atomic E-state index is 0.391. The van der Waals surface area contributed by atoms with E-state index in [1.165, 1.54) is 12.8 Å². The molecule has 0 aromatic carbocycles. The Morgan fingerprint density at radius 2 is 1.93 bits per heavy atom. The van der Waals surface area contributed by atoms with Crippen molar-refractivity contribution in [1.29, 1.82) is 0 Å². The molecule has 0 spiro atoms. The molecule has 1 atom stereocenters. The summed E-state index contributed by atoms with van der Waals surface area (Å²) in [6.07, 6.45) is 2.79. The maximum Gasteiger partial charge on any atom is 0.182 e. The molecule has 1 fully saturated rings. The van der Waals surface area contributed by atoms with E-state index in [0.29, 0.717) is 6.10 Å². The molecule has 1 rings (SSSR count). The van der Waals surface area contributed by atoms with Gasteiger partial charge in [0.15, 0.2) is 9.04 Å². The van der Waals surface area contributed by atoms with E-state index in [4.69, 9.17) is 9.16 Å². The third-order valence-corrected chi connectivity index (χ3v) is 6.02. The average molecular weight is 216 g/mol. The van der Waals surface area contributed by atoms with Crippen molar-refractivity contribution in [2.24, 2.45) is 0 Å². The first-order chi connectivity index (χ1) is 6.61. The van der Waals surface area contributed by atoms with Gasteiger partial charge in [-0.1, -0.05) is 27.7 Å². The molecule has 0 N–H and O–H groups in total. The average Bonchev–Trinajstić information content (AvgIpc) is 2.55. The van der Waals surface area contributed by atoms with Crippen LogP contribution in [0.2, 0.25) is 11.1 Å². The Hall–Kier alpha value is 0.137. The van der Waals surface area contributed by atoms with Gasteiger partial charge in [-0.3, -0.25) is 0 Å².